The molecule has 0 saturated carbocycles. The van der Waals surface area contributed by atoms with Gasteiger partial charge in [-0.05, 0) is 86.6 Å². The molecule has 0 amide bonds. The van der Waals surface area contributed by atoms with Crippen molar-refractivity contribution < 1.29 is 4.74 Å². The molecule has 8 aromatic rings. The van der Waals surface area contributed by atoms with Crippen molar-refractivity contribution in [3.8, 4) is 33.9 Å². The molecule has 192 valence electrons. The summed E-state index contributed by atoms with van der Waals surface area (Å²) in [6.07, 6.45) is 5.63. The van der Waals surface area contributed by atoms with Gasteiger partial charge in [0.25, 0.3) is 0 Å². The second-order valence-electron chi connectivity index (χ2n) is 10.2. The first-order valence-corrected chi connectivity index (χ1v) is 13.7. The number of hydrogen-bond acceptors (Lipinski definition) is 3. The molecule has 2 aromatic heterocycles. The highest BCUT2D eigenvalue weighted by molar-refractivity contribution is 6.23. The summed E-state index contributed by atoms with van der Waals surface area (Å²) in [6, 6.07) is 44.3. The maximum atomic E-state index is 6.70. The summed E-state index contributed by atoms with van der Waals surface area (Å²) in [7, 11) is 0. The molecule has 0 fully saturated rings. The second kappa shape index (κ2) is 9.58. The molecule has 0 atom stereocenters. The Labute approximate surface area is 237 Å². The Morgan fingerprint density at radius 2 is 1.17 bits per heavy atom. The molecule has 0 saturated heterocycles. The van der Waals surface area contributed by atoms with Gasteiger partial charge in [-0.2, -0.15) is 0 Å². The van der Waals surface area contributed by atoms with Gasteiger partial charge in [-0.1, -0.05) is 78.9 Å². The van der Waals surface area contributed by atoms with E-state index in [1.165, 1.54) is 32.7 Å². The number of rotatable bonds is 4. The van der Waals surface area contributed by atoms with E-state index < -0.39 is 0 Å². The zero-order valence-corrected chi connectivity index (χ0v) is 22.2. The van der Waals surface area contributed by atoms with Gasteiger partial charge in [0.15, 0.2) is 0 Å². The van der Waals surface area contributed by atoms with Crippen LogP contribution >= 0.6 is 0 Å². The van der Waals surface area contributed by atoms with Crippen LogP contribution in [0.3, 0.4) is 0 Å². The first kappa shape index (κ1) is 23.4. The Balaban J connectivity index is 1.37. The highest BCUT2D eigenvalue weighted by Crippen LogP contribution is 2.47. The number of nitrogens with zero attached hydrogens (tertiary/aromatic N) is 2. The summed E-state index contributed by atoms with van der Waals surface area (Å²) in [4.78, 5) is 9.05. The number of fused-ring (bicyclic) bond motifs is 5. The maximum absolute atomic E-state index is 6.70. The minimum Gasteiger partial charge on any atom is -0.456 e. The fourth-order valence-corrected chi connectivity index (χ4v) is 5.99. The van der Waals surface area contributed by atoms with Gasteiger partial charge in [-0.25, -0.2) is 0 Å². The van der Waals surface area contributed by atoms with Gasteiger partial charge in [-0.15, -0.1) is 0 Å². The van der Waals surface area contributed by atoms with E-state index in [-0.39, 0.29) is 0 Å². The first-order valence-electron chi connectivity index (χ1n) is 13.7. The van der Waals surface area contributed by atoms with E-state index in [1.807, 2.05) is 48.9 Å². The Hall–Kier alpha value is -5.54. The fraction of sp³-hybridized carbons (Fsp3) is 0. The molecule has 0 radical (unpaired) electrons. The lowest BCUT2D eigenvalue weighted by Crippen LogP contribution is -1.94. The Morgan fingerprint density at radius 1 is 0.488 bits per heavy atom. The highest BCUT2D eigenvalue weighted by Gasteiger charge is 2.19. The summed E-state index contributed by atoms with van der Waals surface area (Å²) in [5.74, 6) is 1.61. The molecular weight excluding hydrogens is 500 g/mol. The van der Waals surface area contributed by atoms with Gasteiger partial charge < -0.3 is 4.74 Å². The molecule has 0 bridgehead atoms. The molecule has 0 aliphatic rings. The van der Waals surface area contributed by atoms with Gasteiger partial charge in [0, 0.05) is 40.3 Å². The monoisotopic (exact) mass is 524 g/mol. The SMILES string of the molecule is c1ccc(-c2ccc(Oc3c4ccccc4c(-c4cc5ccccc5c5ccccc45)c4cnccc34)cc2)nc1. The molecule has 3 nitrogen and oxygen atoms in total. The molecule has 0 spiro atoms. The smallest absolute Gasteiger partial charge is 0.143 e. The van der Waals surface area contributed by atoms with E-state index in [9.17, 15) is 0 Å². The largest absolute Gasteiger partial charge is 0.456 e. The average molecular weight is 525 g/mol. The maximum Gasteiger partial charge on any atom is 0.143 e. The van der Waals surface area contributed by atoms with Crippen LogP contribution in [0.4, 0.5) is 0 Å². The average Bonchev–Trinajstić information content (AvgIpc) is 3.05. The van der Waals surface area contributed by atoms with Crippen LogP contribution in [0.25, 0.3) is 65.5 Å². The minimum atomic E-state index is 0.775. The van der Waals surface area contributed by atoms with Crippen molar-refractivity contribution in [3.63, 3.8) is 0 Å². The van der Waals surface area contributed by atoms with E-state index in [1.54, 1.807) is 0 Å². The van der Waals surface area contributed by atoms with Crippen molar-refractivity contribution in [2.45, 2.75) is 0 Å². The van der Waals surface area contributed by atoms with Crippen LogP contribution in [0.5, 0.6) is 11.5 Å². The molecule has 0 unspecified atom stereocenters. The Morgan fingerprint density at radius 3 is 1.98 bits per heavy atom. The lowest BCUT2D eigenvalue weighted by molar-refractivity contribution is 0.494. The van der Waals surface area contributed by atoms with Crippen LogP contribution in [0.2, 0.25) is 0 Å². The number of benzene rings is 6. The third kappa shape index (κ3) is 3.90. The van der Waals surface area contributed by atoms with Gasteiger partial charge >= 0.3 is 0 Å². The zero-order chi connectivity index (χ0) is 27.2. The Kier molecular flexibility index (Phi) is 5.46. The molecule has 8 rings (SSSR count). The predicted octanol–water partition coefficient (Wildman–Crippen LogP) is 10.2. The van der Waals surface area contributed by atoms with Crippen molar-refractivity contribution in [1.29, 1.82) is 0 Å². The minimum absolute atomic E-state index is 0.775. The quantitative estimate of drug-likeness (QED) is 0.170. The van der Waals surface area contributed by atoms with Crippen LogP contribution in [-0.2, 0) is 0 Å². The van der Waals surface area contributed by atoms with Crippen LogP contribution in [0.15, 0.2) is 146 Å². The number of aromatic nitrogens is 2. The first-order chi connectivity index (χ1) is 20.3. The van der Waals surface area contributed by atoms with Crippen LogP contribution in [0, 0.1) is 0 Å². The third-order valence-electron chi connectivity index (χ3n) is 7.85. The summed E-state index contributed by atoms with van der Waals surface area (Å²) in [5, 5.41) is 9.23. The van der Waals surface area contributed by atoms with Gasteiger partial charge in [-0.3, -0.25) is 9.97 Å². The standard InChI is InChI=1S/C38H24N2O/c1-2-10-28-26(9-1)23-34(30-12-4-3-11-29(28)30)37-31-13-5-6-14-32(31)38(33-20-22-39-24-35(33)37)41-27-18-16-25(17-19-27)36-15-7-8-21-40-36/h1-24H. The topological polar surface area (TPSA) is 35.0 Å². The normalized spacial score (nSPS) is 11.4. The number of hydrogen-bond donors (Lipinski definition) is 0. The summed E-state index contributed by atoms with van der Waals surface area (Å²) in [5.41, 5.74) is 4.35. The van der Waals surface area contributed by atoms with E-state index >= 15 is 0 Å². The predicted molar refractivity (Wildman–Crippen MR) is 169 cm³/mol. The van der Waals surface area contributed by atoms with Gasteiger partial charge in [0.2, 0.25) is 0 Å². The van der Waals surface area contributed by atoms with Crippen molar-refractivity contribution in [3.05, 3.63) is 146 Å². The summed E-state index contributed by atoms with van der Waals surface area (Å²) in [6.45, 7) is 0. The third-order valence-corrected chi connectivity index (χ3v) is 7.85. The molecule has 0 aliphatic carbocycles. The van der Waals surface area contributed by atoms with E-state index in [2.05, 4.69) is 107 Å². The van der Waals surface area contributed by atoms with Gasteiger partial charge in [0.1, 0.15) is 11.5 Å². The van der Waals surface area contributed by atoms with Crippen LogP contribution < -0.4 is 4.74 Å². The zero-order valence-electron chi connectivity index (χ0n) is 22.2. The lowest BCUT2D eigenvalue weighted by Gasteiger charge is -2.19. The molecule has 0 N–H and O–H groups in total. The summed E-state index contributed by atoms with van der Waals surface area (Å²) >= 11 is 0. The molecular formula is C38H24N2O. The van der Waals surface area contributed by atoms with E-state index in [0.717, 1.165) is 44.3 Å². The molecule has 0 aliphatic heterocycles. The molecule has 3 heteroatoms. The number of pyridine rings is 2. The lowest BCUT2D eigenvalue weighted by atomic mass is 9.87. The van der Waals surface area contributed by atoms with Crippen molar-refractivity contribution in [1.82, 2.24) is 9.97 Å². The number of ether oxygens (including phenoxy) is 1. The molecule has 41 heavy (non-hydrogen) atoms. The van der Waals surface area contributed by atoms with Crippen molar-refractivity contribution >= 4 is 43.1 Å². The van der Waals surface area contributed by atoms with E-state index in [4.69, 9.17) is 4.74 Å². The molecule has 6 aromatic carbocycles. The Bertz CT molecular complexity index is 2160. The fourth-order valence-electron chi connectivity index (χ4n) is 5.99. The van der Waals surface area contributed by atoms with Crippen LogP contribution in [0.1, 0.15) is 0 Å². The van der Waals surface area contributed by atoms with Crippen LogP contribution in [-0.4, -0.2) is 9.97 Å². The summed E-state index contributed by atoms with van der Waals surface area (Å²) < 4.78 is 6.70. The van der Waals surface area contributed by atoms with Crippen molar-refractivity contribution in [2.75, 3.05) is 0 Å². The van der Waals surface area contributed by atoms with E-state index in [0.29, 0.717) is 0 Å². The molecule has 2 heterocycles. The van der Waals surface area contributed by atoms with Crippen molar-refractivity contribution in [2.24, 2.45) is 0 Å². The second-order valence-corrected chi connectivity index (χ2v) is 10.2. The highest BCUT2D eigenvalue weighted by atomic mass is 16.5. The van der Waals surface area contributed by atoms with Gasteiger partial charge in [0.05, 0.1) is 5.69 Å².